The first-order valence-corrected chi connectivity index (χ1v) is 18.3. The van der Waals surface area contributed by atoms with Crippen LogP contribution in [0.15, 0.2) is 42.7 Å². The molecular weight excluding hydrogens is 553 g/mol. The average molecular weight is 592 g/mol. The molecule has 6 rings (SSSR count). The quantitative estimate of drug-likeness (QED) is 0.198. The fourth-order valence-corrected chi connectivity index (χ4v) is 6.23. The number of benzene rings is 1. The van der Waals surface area contributed by atoms with Gasteiger partial charge in [-0.2, -0.15) is 14.9 Å². The normalized spacial score (nSPS) is 18.0. The zero-order chi connectivity index (χ0) is 29.4. The lowest BCUT2D eigenvalue weighted by molar-refractivity contribution is -0.117. The summed E-state index contributed by atoms with van der Waals surface area (Å²) in [5.41, 5.74) is 2.29. The van der Waals surface area contributed by atoms with Crippen LogP contribution in [0.5, 0.6) is 0 Å². The minimum Gasteiger partial charge on any atom is -0.377 e. The average Bonchev–Trinajstić information content (AvgIpc) is 3.70. The highest BCUT2D eigenvalue weighted by Crippen LogP contribution is 2.36. The van der Waals surface area contributed by atoms with Gasteiger partial charge in [-0.05, 0) is 43.7 Å². The van der Waals surface area contributed by atoms with Crippen molar-refractivity contribution < 1.29 is 18.7 Å². The number of carbonyl (C=O) groups is 1. The van der Waals surface area contributed by atoms with Crippen molar-refractivity contribution in [3.63, 3.8) is 0 Å². The van der Waals surface area contributed by atoms with Crippen LogP contribution in [0.25, 0.3) is 28.0 Å². The van der Waals surface area contributed by atoms with Gasteiger partial charge in [-0.15, -0.1) is 0 Å². The van der Waals surface area contributed by atoms with E-state index in [0.717, 1.165) is 18.3 Å². The molecule has 0 saturated carbocycles. The third kappa shape index (κ3) is 5.83. The van der Waals surface area contributed by atoms with Crippen LogP contribution in [0, 0.1) is 5.82 Å². The maximum absolute atomic E-state index is 15.8. The van der Waals surface area contributed by atoms with E-state index in [1.54, 1.807) is 26.5 Å². The Morgan fingerprint density at radius 1 is 1.12 bits per heavy atom. The third-order valence-corrected chi connectivity index (χ3v) is 9.59. The van der Waals surface area contributed by atoms with Crippen molar-refractivity contribution in [2.45, 2.75) is 58.2 Å². The summed E-state index contributed by atoms with van der Waals surface area (Å²) in [6.45, 7) is 12.6. The van der Waals surface area contributed by atoms with Gasteiger partial charge in [-0.3, -0.25) is 4.79 Å². The van der Waals surface area contributed by atoms with Crippen molar-refractivity contribution in [3.8, 4) is 16.9 Å². The number of fused-ring (bicyclic) bond motifs is 1. The highest BCUT2D eigenvalue weighted by atomic mass is 28.3. The number of rotatable bonds is 9. The number of nitrogens with zero attached hydrogens (tertiary/aromatic N) is 7. The van der Waals surface area contributed by atoms with Crippen LogP contribution in [0.2, 0.25) is 25.7 Å². The molecule has 0 unspecified atom stereocenters. The Hall–Kier alpha value is -3.61. The number of pyridine rings is 1. The number of aromatic nitrogens is 5. The smallest absolute Gasteiger partial charge is 0.227 e. The Morgan fingerprint density at radius 2 is 1.98 bits per heavy atom. The van der Waals surface area contributed by atoms with Gasteiger partial charge in [0.1, 0.15) is 18.4 Å². The Bertz CT molecular complexity index is 1600. The Balaban J connectivity index is 1.37. The molecule has 0 N–H and O–H groups in total. The van der Waals surface area contributed by atoms with Gasteiger partial charge in [-0.1, -0.05) is 19.6 Å². The summed E-state index contributed by atoms with van der Waals surface area (Å²) in [6, 6.07) is 10.0. The number of morpholine rings is 1. The van der Waals surface area contributed by atoms with Gasteiger partial charge in [0.2, 0.25) is 5.91 Å². The molecule has 1 atom stereocenters. The molecule has 2 aliphatic heterocycles. The van der Waals surface area contributed by atoms with E-state index < -0.39 is 13.9 Å². The monoisotopic (exact) mass is 591 g/mol. The van der Waals surface area contributed by atoms with Crippen LogP contribution in [0.1, 0.15) is 19.8 Å². The van der Waals surface area contributed by atoms with Crippen molar-refractivity contribution in [1.82, 2.24) is 24.5 Å². The zero-order valence-corrected chi connectivity index (χ0v) is 25.7. The first-order valence-electron chi connectivity index (χ1n) is 14.6. The molecule has 0 radical (unpaired) electrons. The molecule has 1 amide bonds. The minimum atomic E-state index is -1.17. The van der Waals surface area contributed by atoms with Crippen molar-refractivity contribution in [2.24, 2.45) is 0 Å². The number of anilines is 2. The molecule has 4 aromatic rings. The highest BCUT2D eigenvalue weighted by Gasteiger charge is 2.26. The maximum Gasteiger partial charge on any atom is 0.227 e. The van der Waals surface area contributed by atoms with Crippen molar-refractivity contribution in [1.29, 1.82) is 0 Å². The highest BCUT2D eigenvalue weighted by molar-refractivity contribution is 6.76. The maximum atomic E-state index is 15.8. The SMILES string of the molecule is C[C@@H]1COCCN1c1cc(-c2ccc(N3CCCC3=O)cc2F)c2cnn(-c3ccn(COCC[Si](C)(C)C)n3)c2n1. The van der Waals surface area contributed by atoms with Crippen LogP contribution < -0.4 is 9.80 Å². The minimum absolute atomic E-state index is 0.0270. The molecule has 12 heteroatoms. The van der Waals surface area contributed by atoms with Crippen molar-refractivity contribution in [3.05, 3.63) is 48.5 Å². The molecule has 0 aliphatic carbocycles. The first-order chi connectivity index (χ1) is 20.2. The fraction of sp³-hybridized carbons (Fsp3) is 0.467. The van der Waals surface area contributed by atoms with E-state index in [0.29, 0.717) is 79.7 Å². The van der Waals surface area contributed by atoms with E-state index in [1.165, 1.54) is 6.07 Å². The summed E-state index contributed by atoms with van der Waals surface area (Å²) >= 11 is 0. The second-order valence-corrected chi connectivity index (χ2v) is 17.9. The van der Waals surface area contributed by atoms with E-state index in [1.807, 2.05) is 24.4 Å². The molecule has 0 spiro atoms. The molecular formula is C30H38FN7O3Si. The number of hydrogen-bond donors (Lipinski definition) is 0. The van der Waals surface area contributed by atoms with E-state index in [2.05, 4.69) is 36.6 Å². The Kier molecular flexibility index (Phi) is 7.86. The molecule has 1 aromatic carbocycles. The Morgan fingerprint density at radius 3 is 2.71 bits per heavy atom. The van der Waals surface area contributed by atoms with E-state index >= 15 is 4.39 Å². The van der Waals surface area contributed by atoms with E-state index in [9.17, 15) is 4.79 Å². The number of carbonyl (C=O) groups excluding carboxylic acids is 1. The molecule has 2 fully saturated rings. The van der Waals surface area contributed by atoms with Gasteiger partial charge in [0, 0.05) is 68.7 Å². The second-order valence-electron chi connectivity index (χ2n) is 12.3. The molecule has 2 aliphatic rings. The zero-order valence-electron chi connectivity index (χ0n) is 24.7. The number of hydrogen-bond acceptors (Lipinski definition) is 7. The predicted molar refractivity (Wildman–Crippen MR) is 163 cm³/mol. The Labute approximate surface area is 246 Å². The summed E-state index contributed by atoms with van der Waals surface area (Å²) in [4.78, 5) is 21.1. The molecule has 10 nitrogen and oxygen atoms in total. The largest absolute Gasteiger partial charge is 0.377 e. The van der Waals surface area contributed by atoms with Crippen LogP contribution in [-0.2, 0) is 21.0 Å². The molecule has 2 saturated heterocycles. The van der Waals surface area contributed by atoms with E-state index in [4.69, 9.17) is 19.6 Å². The van der Waals surface area contributed by atoms with E-state index in [-0.39, 0.29) is 11.9 Å². The second kappa shape index (κ2) is 11.6. The van der Waals surface area contributed by atoms with Gasteiger partial charge < -0.3 is 19.3 Å². The van der Waals surface area contributed by atoms with Gasteiger partial charge in [-0.25, -0.2) is 14.1 Å². The standard InChI is InChI=1S/C30H38FN7O3Si/c1-21-19-40-13-12-36(21)28-17-24(23-8-7-22(16-26(23)31)37-10-5-6-29(37)39)25-18-32-38(30(25)33-28)27-9-11-35(34-27)20-41-14-15-42(2,3)4/h7-9,11,16-18,21H,5-6,10,12-15,19-20H2,1-4H3/t21-/m1/s1. The van der Waals surface area contributed by atoms with Gasteiger partial charge in [0.05, 0.1) is 25.5 Å². The summed E-state index contributed by atoms with van der Waals surface area (Å²) in [5, 5.41) is 10.1. The number of halogens is 1. The summed E-state index contributed by atoms with van der Waals surface area (Å²) in [7, 11) is -1.17. The van der Waals surface area contributed by atoms with Gasteiger partial charge >= 0.3 is 0 Å². The predicted octanol–water partition coefficient (Wildman–Crippen LogP) is 5.09. The topological polar surface area (TPSA) is 90.5 Å². The van der Waals surface area contributed by atoms with Gasteiger partial charge in [0.25, 0.3) is 0 Å². The molecule has 42 heavy (non-hydrogen) atoms. The van der Waals surface area contributed by atoms with Crippen LogP contribution in [-0.4, -0.2) is 77.5 Å². The van der Waals surface area contributed by atoms with Crippen molar-refractivity contribution in [2.75, 3.05) is 42.7 Å². The number of ether oxygens (including phenoxy) is 2. The van der Waals surface area contributed by atoms with Crippen LogP contribution in [0.3, 0.4) is 0 Å². The molecule has 3 aromatic heterocycles. The van der Waals surface area contributed by atoms with Crippen molar-refractivity contribution >= 4 is 36.5 Å². The summed E-state index contributed by atoms with van der Waals surface area (Å²) < 4.78 is 30.8. The fourth-order valence-electron chi connectivity index (χ4n) is 5.48. The number of amides is 1. The first kappa shape index (κ1) is 28.5. The lowest BCUT2D eigenvalue weighted by Gasteiger charge is -2.34. The summed E-state index contributed by atoms with van der Waals surface area (Å²) in [6.07, 6.45) is 4.86. The van der Waals surface area contributed by atoms with Crippen LogP contribution in [0.4, 0.5) is 15.9 Å². The van der Waals surface area contributed by atoms with Gasteiger partial charge in [0.15, 0.2) is 11.5 Å². The lowest BCUT2D eigenvalue weighted by atomic mass is 10.0. The molecule has 5 heterocycles. The lowest BCUT2D eigenvalue weighted by Crippen LogP contribution is -2.44. The molecule has 0 bridgehead atoms. The van der Waals surface area contributed by atoms with Crippen LogP contribution >= 0.6 is 0 Å². The molecule has 222 valence electrons. The summed E-state index contributed by atoms with van der Waals surface area (Å²) in [5.74, 6) is 0.961. The third-order valence-electron chi connectivity index (χ3n) is 7.88.